The van der Waals surface area contributed by atoms with Crippen molar-refractivity contribution in [3.63, 3.8) is 0 Å². The van der Waals surface area contributed by atoms with Gasteiger partial charge in [-0.1, -0.05) is 12.1 Å². The van der Waals surface area contributed by atoms with Gasteiger partial charge in [-0.25, -0.2) is 0 Å². The van der Waals surface area contributed by atoms with Crippen LogP contribution >= 0.6 is 0 Å². The fourth-order valence-corrected chi connectivity index (χ4v) is 2.38. The van der Waals surface area contributed by atoms with E-state index in [1.54, 1.807) is 24.3 Å². The second-order valence-electron chi connectivity index (χ2n) is 2.41. The van der Waals surface area contributed by atoms with Crippen molar-refractivity contribution in [3.8, 4) is 0 Å². The summed E-state index contributed by atoms with van der Waals surface area (Å²) in [6, 6.07) is 7.06. The van der Waals surface area contributed by atoms with E-state index in [0.29, 0.717) is 10.5 Å². The molecule has 56 valence electrons. The van der Waals surface area contributed by atoms with Gasteiger partial charge < -0.3 is 4.55 Å². The van der Waals surface area contributed by atoms with E-state index in [0.717, 1.165) is 0 Å². The number of hydrogen-bond acceptors (Lipinski definition) is 2. The fraction of sp³-hybridized carbons (Fsp3) is 0.125. The highest BCUT2D eigenvalue weighted by molar-refractivity contribution is 7.92. The highest BCUT2D eigenvalue weighted by Crippen LogP contribution is 2.24. The number of Topliss-reactive ketones (excluding diaryl/α,β-unsaturated/α-hetero) is 1. The van der Waals surface area contributed by atoms with Crippen molar-refractivity contribution in [1.29, 1.82) is 0 Å². The van der Waals surface area contributed by atoms with Gasteiger partial charge in [0.05, 0.1) is 5.56 Å². The van der Waals surface area contributed by atoms with Crippen LogP contribution in [0.15, 0.2) is 29.2 Å². The Labute approximate surface area is 67.4 Å². The fourth-order valence-electron chi connectivity index (χ4n) is 1.17. The van der Waals surface area contributed by atoms with Crippen molar-refractivity contribution >= 4 is 17.0 Å². The van der Waals surface area contributed by atoms with Gasteiger partial charge in [0, 0.05) is 0 Å². The van der Waals surface area contributed by atoms with Crippen LogP contribution in [0.2, 0.25) is 0 Å². The molecule has 1 heterocycles. The lowest BCUT2D eigenvalue weighted by Crippen LogP contribution is -2.03. The molecule has 0 radical (unpaired) electrons. The topological polar surface area (TPSA) is 40.1 Å². The van der Waals surface area contributed by atoms with Gasteiger partial charge >= 0.3 is 0 Å². The lowest BCUT2D eigenvalue weighted by atomic mass is 10.2. The monoisotopic (exact) mass is 166 g/mol. The Hall–Kier alpha value is -0.800. The van der Waals surface area contributed by atoms with Crippen LogP contribution in [-0.2, 0) is 11.2 Å². The van der Waals surface area contributed by atoms with Crippen LogP contribution in [0.4, 0.5) is 0 Å². The van der Waals surface area contributed by atoms with Gasteiger partial charge in [0.15, 0.2) is 10.6 Å². The van der Waals surface area contributed by atoms with E-state index in [2.05, 4.69) is 0 Å². The Morgan fingerprint density at radius 1 is 1.36 bits per heavy atom. The number of fused-ring (bicyclic) bond motifs is 1. The zero-order valence-electron chi connectivity index (χ0n) is 5.74. The van der Waals surface area contributed by atoms with Crippen LogP contribution in [0, 0.1) is 0 Å². The smallest absolute Gasteiger partial charge is 0.217 e. The zero-order chi connectivity index (χ0) is 7.84. The maximum Gasteiger partial charge on any atom is 0.217 e. The second-order valence-corrected chi connectivity index (χ2v) is 3.83. The molecule has 2 nitrogen and oxygen atoms in total. The molecule has 1 aromatic carbocycles. The number of benzene rings is 1. The predicted octanol–water partition coefficient (Wildman–Crippen LogP) is 0.990. The van der Waals surface area contributed by atoms with Gasteiger partial charge in [0.1, 0.15) is 0 Å². The van der Waals surface area contributed by atoms with Crippen LogP contribution < -0.4 is 0 Å². The summed E-state index contributed by atoms with van der Waals surface area (Å²) in [6.45, 7) is 0. The van der Waals surface area contributed by atoms with Crippen LogP contribution in [-0.4, -0.2) is 16.1 Å². The third kappa shape index (κ3) is 0.968. The lowest BCUT2D eigenvalue weighted by Gasteiger charge is -1.99. The number of carbonyl (C=O) groups excluding carboxylic acids is 1. The summed E-state index contributed by atoms with van der Waals surface area (Å²) < 4.78 is 11.2. The van der Waals surface area contributed by atoms with Crippen molar-refractivity contribution in [2.75, 3.05) is 5.75 Å². The lowest BCUT2D eigenvalue weighted by molar-refractivity contribution is 0.102. The molecule has 0 N–H and O–H groups in total. The third-order valence-corrected chi connectivity index (χ3v) is 3.07. The van der Waals surface area contributed by atoms with E-state index in [9.17, 15) is 9.35 Å². The Morgan fingerprint density at radius 2 is 2.09 bits per heavy atom. The highest BCUT2D eigenvalue weighted by atomic mass is 32.2. The molecule has 11 heavy (non-hydrogen) atoms. The summed E-state index contributed by atoms with van der Waals surface area (Å²) in [5, 5.41) is 0. The molecule has 0 saturated carbocycles. The van der Waals surface area contributed by atoms with Gasteiger partial charge in [0.2, 0.25) is 5.78 Å². The zero-order valence-corrected chi connectivity index (χ0v) is 6.56. The molecule has 0 aliphatic carbocycles. The van der Waals surface area contributed by atoms with E-state index in [1.807, 2.05) is 0 Å². The molecule has 0 spiro atoms. The first kappa shape index (κ1) is 6.88. The first-order chi connectivity index (χ1) is 5.29. The number of carbonyl (C=O) groups is 1. The minimum absolute atomic E-state index is 0.000988. The molecule has 1 aliphatic heterocycles. The van der Waals surface area contributed by atoms with Gasteiger partial charge in [-0.3, -0.25) is 4.79 Å². The molecule has 0 saturated heterocycles. The predicted molar refractivity (Wildman–Crippen MR) is 42.0 cm³/mol. The van der Waals surface area contributed by atoms with Crippen LogP contribution in [0.3, 0.4) is 0 Å². The summed E-state index contributed by atoms with van der Waals surface area (Å²) in [5.41, 5.74) is 0.630. The Balaban J connectivity index is 2.60. The SMILES string of the molecule is O=C1C[S+]([O-])c2ccccc21. The molecule has 0 bridgehead atoms. The van der Waals surface area contributed by atoms with E-state index in [1.165, 1.54) is 0 Å². The standard InChI is InChI=1S/C8H6O2S/c9-7-5-11(10)8-4-2-1-3-6(7)8/h1-4H,5H2. The summed E-state index contributed by atoms with van der Waals surface area (Å²) in [4.78, 5) is 11.8. The molecular weight excluding hydrogens is 160 g/mol. The first-order valence-corrected chi connectivity index (χ1v) is 4.61. The molecule has 2 rings (SSSR count). The second kappa shape index (κ2) is 2.36. The van der Waals surface area contributed by atoms with Gasteiger partial charge in [-0.05, 0) is 23.3 Å². The quantitative estimate of drug-likeness (QED) is 0.539. The average Bonchev–Trinajstić information content (AvgIpc) is 2.30. The summed E-state index contributed by atoms with van der Waals surface area (Å²) in [6.07, 6.45) is 0. The first-order valence-electron chi connectivity index (χ1n) is 3.29. The average molecular weight is 166 g/mol. The van der Waals surface area contributed by atoms with Crippen LogP contribution in [0.25, 0.3) is 0 Å². The highest BCUT2D eigenvalue weighted by Gasteiger charge is 2.31. The number of hydrogen-bond donors (Lipinski definition) is 0. The Bertz CT molecular complexity index is 309. The molecule has 1 atom stereocenters. The maximum atomic E-state index is 11.2. The summed E-state index contributed by atoms with van der Waals surface area (Å²) in [5.74, 6) is 0.165. The molecule has 0 amide bonds. The molecular formula is C8H6O2S. The van der Waals surface area contributed by atoms with Crippen molar-refractivity contribution in [3.05, 3.63) is 29.8 Å². The van der Waals surface area contributed by atoms with Gasteiger partial charge in [0.25, 0.3) is 0 Å². The Kier molecular flexibility index (Phi) is 1.47. The van der Waals surface area contributed by atoms with Crippen molar-refractivity contribution in [2.45, 2.75) is 4.90 Å². The summed E-state index contributed by atoms with van der Waals surface area (Å²) in [7, 11) is 0. The van der Waals surface area contributed by atoms with E-state index in [-0.39, 0.29) is 11.5 Å². The minimum atomic E-state index is -1.08. The van der Waals surface area contributed by atoms with Gasteiger partial charge in [-0.2, -0.15) is 0 Å². The van der Waals surface area contributed by atoms with E-state index >= 15 is 0 Å². The van der Waals surface area contributed by atoms with E-state index in [4.69, 9.17) is 0 Å². The van der Waals surface area contributed by atoms with Gasteiger partial charge in [-0.15, -0.1) is 0 Å². The third-order valence-electron chi connectivity index (χ3n) is 1.69. The van der Waals surface area contributed by atoms with Crippen molar-refractivity contribution < 1.29 is 9.35 Å². The minimum Gasteiger partial charge on any atom is -0.611 e. The normalized spacial score (nSPS) is 21.9. The number of rotatable bonds is 0. The summed E-state index contributed by atoms with van der Waals surface area (Å²) >= 11 is -1.08. The van der Waals surface area contributed by atoms with Crippen LogP contribution in [0.1, 0.15) is 10.4 Å². The molecule has 1 unspecified atom stereocenters. The maximum absolute atomic E-state index is 11.2. The Morgan fingerprint density at radius 3 is 2.82 bits per heavy atom. The number of ketones is 1. The molecule has 0 fully saturated rings. The van der Waals surface area contributed by atoms with Crippen LogP contribution in [0.5, 0.6) is 0 Å². The largest absolute Gasteiger partial charge is 0.611 e. The van der Waals surface area contributed by atoms with Crippen molar-refractivity contribution in [2.24, 2.45) is 0 Å². The molecule has 3 heteroatoms. The molecule has 1 aliphatic rings. The van der Waals surface area contributed by atoms with Crippen molar-refractivity contribution in [1.82, 2.24) is 0 Å². The molecule has 0 aromatic heterocycles. The molecule has 1 aromatic rings. The van der Waals surface area contributed by atoms with E-state index < -0.39 is 11.2 Å².